The molecule has 1 amide bonds. The van der Waals surface area contributed by atoms with Crippen LogP contribution in [0.1, 0.15) is 44.1 Å². The Hall–Kier alpha value is -1.69. The van der Waals surface area contributed by atoms with Gasteiger partial charge in [-0.3, -0.25) is 4.79 Å². The van der Waals surface area contributed by atoms with Gasteiger partial charge in [0, 0.05) is 49.9 Å². The first-order valence-electron chi connectivity index (χ1n) is 11.9. The Morgan fingerprint density at radius 1 is 1.06 bits per heavy atom. The molecule has 0 aliphatic carbocycles. The lowest BCUT2D eigenvalue weighted by molar-refractivity contribution is -0.127. The number of rotatable bonds is 8. The molecule has 3 aliphatic rings. The fourth-order valence-electron chi connectivity index (χ4n) is 5.63. The van der Waals surface area contributed by atoms with Gasteiger partial charge in [0.05, 0.1) is 5.75 Å². The number of nitrogens with two attached hydrogens (primary N) is 1. The average molecular weight is 504 g/mol. The molecule has 1 aromatic rings. The van der Waals surface area contributed by atoms with Crippen molar-refractivity contribution in [1.82, 2.24) is 9.62 Å². The molecule has 1 aromatic carbocycles. The van der Waals surface area contributed by atoms with Gasteiger partial charge < -0.3 is 15.8 Å². The third-order valence-electron chi connectivity index (χ3n) is 7.43. The van der Waals surface area contributed by atoms with Crippen LogP contribution >= 0.6 is 0 Å². The highest BCUT2D eigenvalue weighted by Gasteiger charge is 2.47. The Balaban J connectivity index is 1.32. The van der Waals surface area contributed by atoms with Gasteiger partial charge >= 0.3 is 0 Å². The van der Waals surface area contributed by atoms with Crippen molar-refractivity contribution in [2.75, 3.05) is 25.5 Å². The maximum Gasteiger partial charge on any atom is 0.223 e. The second-order valence-electron chi connectivity index (χ2n) is 9.67. The number of hydrogen-bond acceptors (Lipinski definition) is 5. The highest BCUT2D eigenvalue weighted by Crippen LogP contribution is 2.42. The number of sulfonamides is 1. The van der Waals surface area contributed by atoms with Gasteiger partial charge in [-0.25, -0.2) is 21.6 Å². The summed E-state index contributed by atoms with van der Waals surface area (Å²) in [6, 6.07) is 0.484. The van der Waals surface area contributed by atoms with Crippen molar-refractivity contribution in [3.63, 3.8) is 0 Å². The number of carbonyl (C=O) groups is 1. The van der Waals surface area contributed by atoms with E-state index in [0.717, 1.165) is 18.9 Å². The van der Waals surface area contributed by atoms with Crippen LogP contribution in [0.4, 0.5) is 13.2 Å². The van der Waals surface area contributed by atoms with Crippen LogP contribution in [-0.4, -0.2) is 62.3 Å². The molecule has 4 atom stereocenters. The molecule has 2 bridgehead atoms. The molecule has 3 N–H and O–H groups in total. The number of hydrogen-bond donors (Lipinski definition) is 2. The Morgan fingerprint density at radius 3 is 2.32 bits per heavy atom. The molecule has 34 heavy (non-hydrogen) atoms. The zero-order chi connectivity index (χ0) is 24.5. The number of nitrogens with one attached hydrogen (secondary N) is 1. The molecular formula is C23H32F3N3O4S. The van der Waals surface area contributed by atoms with Gasteiger partial charge in [-0.1, -0.05) is 0 Å². The van der Waals surface area contributed by atoms with Crippen LogP contribution in [0.5, 0.6) is 0 Å². The predicted molar refractivity (Wildman–Crippen MR) is 120 cm³/mol. The second kappa shape index (κ2) is 10.5. The number of piperidine rings is 1. The molecule has 3 aliphatic heterocycles. The number of ether oxygens (including phenoxy) is 1. The van der Waals surface area contributed by atoms with Crippen LogP contribution in [0, 0.1) is 29.3 Å². The van der Waals surface area contributed by atoms with Crippen molar-refractivity contribution in [1.29, 1.82) is 0 Å². The summed E-state index contributed by atoms with van der Waals surface area (Å²) < 4.78 is 73.8. The maximum absolute atomic E-state index is 14.1. The van der Waals surface area contributed by atoms with E-state index >= 15 is 0 Å². The minimum Gasteiger partial charge on any atom is -0.381 e. The minimum absolute atomic E-state index is 0.0223. The van der Waals surface area contributed by atoms with Crippen molar-refractivity contribution >= 4 is 15.9 Å². The Morgan fingerprint density at radius 2 is 1.68 bits per heavy atom. The predicted octanol–water partition coefficient (Wildman–Crippen LogP) is 2.09. The van der Waals surface area contributed by atoms with Crippen LogP contribution in [0.25, 0.3) is 0 Å². The van der Waals surface area contributed by atoms with Crippen molar-refractivity contribution in [3.05, 3.63) is 35.1 Å². The zero-order valence-corrected chi connectivity index (χ0v) is 19.8. The highest BCUT2D eigenvalue weighted by molar-refractivity contribution is 7.89. The lowest BCUT2D eigenvalue weighted by Crippen LogP contribution is -2.51. The number of amides is 1. The maximum atomic E-state index is 14.1. The van der Waals surface area contributed by atoms with Crippen LogP contribution < -0.4 is 11.1 Å². The van der Waals surface area contributed by atoms with Crippen molar-refractivity contribution in [2.45, 2.75) is 63.1 Å². The van der Waals surface area contributed by atoms with E-state index in [4.69, 9.17) is 10.5 Å². The number of carbonyl (C=O) groups excluding carboxylic acids is 1. The van der Waals surface area contributed by atoms with E-state index in [9.17, 15) is 26.4 Å². The van der Waals surface area contributed by atoms with E-state index in [1.165, 1.54) is 0 Å². The van der Waals surface area contributed by atoms with Crippen LogP contribution in [0.3, 0.4) is 0 Å². The summed E-state index contributed by atoms with van der Waals surface area (Å²) in [7, 11) is -3.57. The molecule has 0 radical (unpaired) electrons. The van der Waals surface area contributed by atoms with Gasteiger partial charge in [0.25, 0.3) is 0 Å². The summed E-state index contributed by atoms with van der Waals surface area (Å²) >= 11 is 0. The van der Waals surface area contributed by atoms with Gasteiger partial charge in [-0.05, 0) is 62.5 Å². The van der Waals surface area contributed by atoms with E-state index in [-0.39, 0.29) is 54.1 Å². The summed E-state index contributed by atoms with van der Waals surface area (Å²) in [5, 5.41) is 2.75. The van der Waals surface area contributed by atoms with Crippen molar-refractivity contribution in [2.24, 2.45) is 17.6 Å². The number of fused-ring (bicyclic) bond motifs is 2. The van der Waals surface area contributed by atoms with Gasteiger partial charge in [0.1, 0.15) is 5.82 Å². The third-order valence-corrected chi connectivity index (χ3v) is 9.38. The lowest BCUT2D eigenvalue weighted by atomic mass is 9.83. The molecule has 0 aromatic heterocycles. The molecule has 3 heterocycles. The first-order chi connectivity index (χ1) is 16.2. The van der Waals surface area contributed by atoms with Crippen molar-refractivity contribution < 1.29 is 31.1 Å². The summed E-state index contributed by atoms with van der Waals surface area (Å²) in [5.74, 6) is -3.67. The third kappa shape index (κ3) is 5.58. The highest BCUT2D eigenvalue weighted by atomic mass is 32.2. The topological polar surface area (TPSA) is 102 Å². The standard InChI is InChI=1S/C23H32F3N3O4S/c24-19-13-21(26)20(25)11-15(19)12-22(27)16-9-17-1-2-18(10-16)29(17)34(31,32)8-5-28-23(30)14-3-6-33-7-4-14/h11,13-14,16-18,22H,1-10,12,27H2,(H,28,30)/t16-,17-,18+,22?. The summed E-state index contributed by atoms with van der Waals surface area (Å²) in [4.78, 5) is 12.3. The number of benzene rings is 1. The van der Waals surface area contributed by atoms with Gasteiger partial charge in [0.2, 0.25) is 15.9 Å². The fourth-order valence-corrected chi connectivity index (χ4v) is 7.50. The van der Waals surface area contributed by atoms with Crippen LogP contribution in [0.15, 0.2) is 12.1 Å². The molecule has 4 rings (SSSR count). The average Bonchev–Trinajstić information content (AvgIpc) is 3.09. The Labute approximate surface area is 198 Å². The molecule has 3 saturated heterocycles. The van der Waals surface area contributed by atoms with E-state index < -0.39 is 33.5 Å². The largest absolute Gasteiger partial charge is 0.381 e. The molecule has 7 nitrogen and oxygen atoms in total. The van der Waals surface area contributed by atoms with Crippen LogP contribution in [0.2, 0.25) is 0 Å². The van der Waals surface area contributed by atoms with Crippen LogP contribution in [-0.2, 0) is 26.0 Å². The normalized spacial score (nSPS) is 27.0. The molecule has 0 spiro atoms. The van der Waals surface area contributed by atoms with E-state index in [1.54, 1.807) is 4.31 Å². The molecule has 1 unspecified atom stereocenters. The Bertz CT molecular complexity index is 989. The number of halogens is 3. The molecule has 11 heteroatoms. The van der Waals surface area contributed by atoms with E-state index in [0.29, 0.717) is 45.0 Å². The summed E-state index contributed by atoms with van der Waals surface area (Å²) in [5.41, 5.74) is 6.34. The minimum atomic E-state index is -3.57. The first kappa shape index (κ1) is 25.4. The SMILES string of the molecule is NC(Cc1cc(F)c(F)cc1F)[C@@H]1C[C@H]2CC[C@@H](C1)N2S(=O)(=O)CCNC(=O)C1CCOCC1. The quantitative estimate of drug-likeness (QED) is 0.529. The Kier molecular flexibility index (Phi) is 7.85. The first-order valence-corrected chi connectivity index (χ1v) is 13.5. The number of nitrogens with zero attached hydrogens (tertiary/aromatic N) is 1. The molecular weight excluding hydrogens is 471 g/mol. The summed E-state index contributed by atoms with van der Waals surface area (Å²) in [6.45, 7) is 1.14. The van der Waals surface area contributed by atoms with Crippen molar-refractivity contribution in [3.8, 4) is 0 Å². The monoisotopic (exact) mass is 503 g/mol. The zero-order valence-electron chi connectivity index (χ0n) is 19.0. The fraction of sp³-hybridized carbons (Fsp3) is 0.696. The molecule has 0 saturated carbocycles. The molecule has 3 fully saturated rings. The van der Waals surface area contributed by atoms with Gasteiger partial charge in [-0.15, -0.1) is 0 Å². The lowest BCUT2D eigenvalue weighted by Gasteiger charge is -2.40. The van der Waals surface area contributed by atoms with Gasteiger partial charge in [0.15, 0.2) is 11.6 Å². The smallest absolute Gasteiger partial charge is 0.223 e. The summed E-state index contributed by atoms with van der Waals surface area (Å²) in [6.07, 6.45) is 3.86. The van der Waals surface area contributed by atoms with Gasteiger partial charge in [-0.2, -0.15) is 4.31 Å². The molecule has 190 valence electrons. The second-order valence-corrected chi connectivity index (χ2v) is 11.7. The van der Waals surface area contributed by atoms with E-state index in [2.05, 4.69) is 5.32 Å². The van der Waals surface area contributed by atoms with E-state index in [1.807, 2.05) is 0 Å².